The molecular formula is C10H18N2O. The number of nitrogens with one attached hydrogen (secondary N) is 1. The molecule has 1 amide bonds. The summed E-state index contributed by atoms with van der Waals surface area (Å²) in [6.45, 7) is 1.56. The molecule has 2 rings (SSSR count). The third kappa shape index (κ3) is 1.70. The number of fused-ring (bicyclic) bond motifs is 1. The van der Waals surface area contributed by atoms with Crippen LogP contribution >= 0.6 is 0 Å². The molecule has 0 aromatic rings. The third-order valence-electron chi connectivity index (χ3n) is 3.44. The van der Waals surface area contributed by atoms with E-state index in [4.69, 9.17) is 0 Å². The smallest absolute Gasteiger partial charge is 0.236 e. The average Bonchev–Trinajstić information content (AvgIpc) is 2.29. The zero-order chi connectivity index (χ0) is 9.26. The summed E-state index contributed by atoms with van der Waals surface area (Å²) >= 11 is 0. The molecule has 1 heterocycles. The Kier molecular flexibility index (Phi) is 2.54. The third-order valence-corrected chi connectivity index (χ3v) is 3.44. The van der Waals surface area contributed by atoms with Gasteiger partial charge in [0, 0.05) is 19.6 Å². The number of nitrogens with zero attached hydrogens (tertiary/aromatic N) is 1. The van der Waals surface area contributed by atoms with Gasteiger partial charge in [-0.05, 0) is 18.8 Å². The van der Waals surface area contributed by atoms with Crippen LogP contribution in [0, 0.1) is 5.92 Å². The first-order valence-corrected chi connectivity index (χ1v) is 5.25. The molecule has 1 aliphatic heterocycles. The van der Waals surface area contributed by atoms with E-state index in [9.17, 15) is 4.79 Å². The van der Waals surface area contributed by atoms with E-state index in [2.05, 4.69) is 5.32 Å². The van der Waals surface area contributed by atoms with Crippen molar-refractivity contribution in [3.05, 3.63) is 0 Å². The molecule has 1 aliphatic carbocycles. The molecule has 0 aromatic carbocycles. The van der Waals surface area contributed by atoms with Crippen molar-refractivity contribution in [3.63, 3.8) is 0 Å². The lowest BCUT2D eigenvalue weighted by atomic mass is 9.84. The summed E-state index contributed by atoms with van der Waals surface area (Å²) in [5.74, 6) is 0.958. The Hall–Kier alpha value is -0.570. The van der Waals surface area contributed by atoms with E-state index < -0.39 is 0 Å². The molecule has 3 nitrogen and oxygen atoms in total. The van der Waals surface area contributed by atoms with Crippen LogP contribution in [0.25, 0.3) is 0 Å². The summed E-state index contributed by atoms with van der Waals surface area (Å²) in [6, 6.07) is 0.510. The molecule has 1 N–H and O–H groups in total. The fourth-order valence-corrected chi connectivity index (χ4v) is 2.61. The van der Waals surface area contributed by atoms with Crippen molar-refractivity contribution in [2.75, 3.05) is 20.1 Å². The second kappa shape index (κ2) is 3.66. The van der Waals surface area contributed by atoms with E-state index in [0.717, 1.165) is 6.54 Å². The lowest BCUT2D eigenvalue weighted by molar-refractivity contribution is -0.131. The van der Waals surface area contributed by atoms with Crippen LogP contribution in [0.5, 0.6) is 0 Å². The Morgan fingerprint density at radius 2 is 2.15 bits per heavy atom. The highest BCUT2D eigenvalue weighted by atomic mass is 16.2. The molecule has 3 heteroatoms. The number of amides is 1. The number of likely N-dealkylation sites (N-methyl/N-ethyl adjacent to an activating group) is 1. The van der Waals surface area contributed by atoms with Crippen LogP contribution in [-0.2, 0) is 4.79 Å². The summed E-state index contributed by atoms with van der Waals surface area (Å²) in [5, 5.41) is 3.24. The topological polar surface area (TPSA) is 32.3 Å². The Morgan fingerprint density at radius 1 is 1.38 bits per heavy atom. The molecule has 1 saturated carbocycles. The molecule has 0 spiro atoms. The van der Waals surface area contributed by atoms with Gasteiger partial charge in [0.05, 0.1) is 6.54 Å². The van der Waals surface area contributed by atoms with Crippen molar-refractivity contribution < 1.29 is 4.79 Å². The van der Waals surface area contributed by atoms with Gasteiger partial charge in [0.15, 0.2) is 0 Å². The number of hydrogen-bond acceptors (Lipinski definition) is 2. The Balaban J connectivity index is 2.11. The highest BCUT2D eigenvalue weighted by Gasteiger charge is 2.32. The molecule has 74 valence electrons. The molecule has 2 aliphatic rings. The molecule has 0 radical (unpaired) electrons. The quantitative estimate of drug-likeness (QED) is 0.595. The van der Waals surface area contributed by atoms with Crippen molar-refractivity contribution in [1.29, 1.82) is 0 Å². The van der Waals surface area contributed by atoms with Crippen LogP contribution in [0.1, 0.15) is 25.7 Å². The monoisotopic (exact) mass is 182 g/mol. The molecule has 0 aromatic heterocycles. The maximum absolute atomic E-state index is 11.5. The van der Waals surface area contributed by atoms with Gasteiger partial charge in [-0.3, -0.25) is 4.79 Å². The van der Waals surface area contributed by atoms with Crippen LogP contribution < -0.4 is 5.32 Å². The fraction of sp³-hybridized carbons (Fsp3) is 0.900. The molecule has 2 fully saturated rings. The fourth-order valence-electron chi connectivity index (χ4n) is 2.61. The summed E-state index contributed by atoms with van der Waals surface area (Å²) in [6.07, 6.45) is 5.12. The van der Waals surface area contributed by atoms with E-state index in [1.807, 2.05) is 11.9 Å². The van der Waals surface area contributed by atoms with E-state index in [1.54, 1.807) is 0 Å². The van der Waals surface area contributed by atoms with Crippen molar-refractivity contribution in [2.24, 2.45) is 5.92 Å². The number of rotatable bonds is 0. The molecule has 0 bridgehead atoms. The van der Waals surface area contributed by atoms with Crippen LogP contribution in [0.15, 0.2) is 0 Å². The Labute approximate surface area is 79.5 Å². The van der Waals surface area contributed by atoms with E-state index in [0.29, 0.717) is 18.5 Å². The van der Waals surface area contributed by atoms with Gasteiger partial charge in [-0.2, -0.15) is 0 Å². The van der Waals surface area contributed by atoms with Crippen LogP contribution in [0.2, 0.25) is 0 Å². The molecule has 2 unspecified atom stereocenters. The van der Waals surface area contributed by atoms with Crippen molar-refractivity contribution in [3.8, 4) is 0 Å². The van der Waals surface area contributed by atoms with Gasteiger partial charge in [0.2, 0.25) is 5.91 Å². The van der Waals surface area contributed by atoms with Crippen LogP contribution in [-0.4, -0.2) is 37.0 Å². The number of hydrogen-bond donors (Lipinski definition) is 1. The zero-order valence-corrected chi connectivity index (χ0v) is 8.25. The predicted octanol–water partition coefficient (Wildman–Crippen LogP) is 0.607. The minimum atomic E-state index is 0.259. The van der Waals surface area contributed by atoms with Gasteiger partial charge in [-0.1, -0.05) is 12.8 Å². The minimum absolute atomic E-state index is 0.259. The zero-order valence-electron chi connectivity index (χ0n) is 8.25. The summed E-state index contributed by atoms with van der Waals surface area (Å²) < 4.78 is 0. The van der Waals surface area contributed by atoms with E-state index in [1.165, 1.54) is 25.7 Å². The van der Waals surface area contributed by atoms with Crippen molar-refractivity contribution >= 4 is 5.91 Å². The SMILES string of the molecule is CN1C(=O)CNCC2CCCCC21. The van der Waals surface area contributed by atoms with Crippen molar-refractivity contribution in [2.45, 2.75) is 31.7 Å². The first-order chi connectivity index (χ1) is 6.29. The highest BCUT2D eigenvalue weighted by Crippen LogP contribution is 2.28. The second-order valence-electron chi connectivity index (χ2n) is 4.25. The Morgan fingerprint density at radius 3 is 3.00 bits per heavy atom. The molecule has 13 heavy (non-hydrogen) atoms. The molecule has 1 saturated heterocycles. The predicted molar refractivity (Wildman–Crippen MR) is 51.4 cm³/mol. The number of carbonyl (C=O) groups excluding carboxylic acids is 1. The summed E-state index contributed by atoms with van der Waals surface area (Å²) in [4.78, 5) is 13.5. The minimum Gasteiger partial charge on any atom is -0.341 e. The standard InChI is InChI=1S/C10H18N2O/c1-12-9-5-3-2-4-8(9)6-11-7-10(12)13/h8-9,11H,2-7H2,1H3. The van der Waals surface area contributed by atoms with Crippen LogP contribution in [0.3, 0.4) is 0 Å². The average molecular weight is 182 g/mol. The van der Waals surface area contributed by atoms with Gasteiger partial charge in [0.25, 0.3) is 0 Å². The largest absolute Gasteiger partial charge is 0.341 e. The lowest BCUT2D eigenvalue weighted by Crippen LogP contribution is -2.42. The van der Waals surface area contributed by atoms with Crippen molar-refractivity contribution in [1.82, 2.24) is 10.2 Å². The molecule has 2 atom stereocenters. The Bertz CT molecular complexity index is 205. The normalized spacial score (nSPS) is 35.5. The first kappa shape index (κ1) is 9.00. The van der Waals surface area contributed by atoms with Gasteiger partial charge in [0.1, 0.15) is 0 Å². The van der Waals surface area contributed by atoms with Gasteiger partial charge in [-0.25, -0.2) is 0 Å². The molecular weight excluding hydrogens is 164 g/mol. The summed E-state index contributed by atoms with van der Waals surface area (Å²) in [5.41, 5.74) is 0. The number of carbonyl (C=O) groups is 1. The summed E-state index contributed by atoms with van der Waals surface area (Å²) in [7, 11) is 1.96. The highest BCUT2D eigenvalue weighted by molar-refractivity contribution is 5.78. The van der Waals surface area contributed by atoms with Crippen LogP contribution in [0.4, 0.5) is 0 Å². The van der Waals surface area contributed by atoms with E-state index >= 15 is 0 Å². The maximum Gasteiger partial charge on any atom is 0.236 e. The first-order valence-electron chi connectivity index (χ1n) is 5.25. The van der Waals surface area contributed by atoms with Gasteiger partial charge < -0.3 is 10.2 Å². The maximum atomic E-state index is 11.5. The van der Waals surface area contributed by atoms with E-state index in [-0.39, 0.29) is 5.91 Å². The second-order valence-corrected chi connectivity index (χ2v) is 4.25. The van der Waals surface area contributed by atoms with Gasteiger partial charge in [-0.15, -0.1) is 0 Å². The lowest BCUT2D eigenvalue weighted by Gasteiger charge is -2.35. The van der Waals surface area contributed by atoms with Gasteiger partial charge >= 0.3 is 0 Å².